The largest absolute Gasteiger partial charge is 0.490 e. The lowest BCUT2D eigenvalue weighted by molar-refractivity contribution is -0.122. The van der Waals surface area contributed by atoms with Crippen LogP contribution in [0.3, 0.4) is 0 Å². The maximum Gasteiger partial charge on any atom is 0.288 e. The van der Waals surface area contributed by atoms with Gasteiger partial charge < -0.3 is 25.4 Å². The number of carbonyl (C=O) groups is 2. The van der Waals surface area contributed by atoms with Gasteiger partial charge in [-0.1, -0.05) is 12.1 Å². The monoisotopic (exact) mass is 533 g/mol. The zero-order valence-electron chi connectivity index (χ0n) is 22.5. The van der Waals surface area contributed by atoms with Crippen LogP contribution in [0, 0.1) is 5.41 Å². The molecule has 3 aromatic rings. The summed E-state index contributed by atoms with van der Waals surface area (Å²) >= 11 is 0. The number of hydrazine groups is 1. The molecule has 2 unspecified atom stereocenters. The van der Waals surface area contributed by atoms with Gasteiger partial charge in [-0.25, -0.2) is 0 Å². The molecule has 1 aromatic heterocycles. The molecular formula is C28H35N7O4. The number of hydrogen-bond acceptors (Lipinski definition) is 8. The van der Waals surface area contributed by atoms with E-state index in [-0.39, 0.29) is 17.6 Å². The third-order valence-electron chi connectivity index (χ3n) is 5.52. The van der Waals surface area contributed by atoms with Crippen LogP contribution in [0.25, 0.3) is 0 Å². The van der Waals surface area contributed by atoms with Crippen molar-refractivity contribution in [1.82, 2.24) is 20.7 Å². The van der Waals surface area contributed by atoms with E-state index in [2.05, 4.69) is 21.2 Å². The Hall–Kier alpha value is -4.64. The summed E-state index contributed by atoms with van der Waals surface area (Å²) in [7, 11) is 3.94. The van der Waals surface area contributed by atoms with Crippen LogP contribution in [0.2, 0.25) is 0 Å². The summed E-state index contributed by atoms with van der Waals surface area (Å²) in [6, 6.07) is 16.0. The minimum Gasteiger partial charge on any atom is -0.490 e. The molecule has 0 radical (unpaired) electrons. The Morgan fingerprint density at radius 3 is 2.41 bits per heavy atom. The summed E-state index contributed by atoms with van der Waals surface area (Å²) in [6.45, 7) is 4.95. The molecule has 0 saturated heterocycles. The quantitative estimate of drug-likeness (QED) is 0.135. The summed E-state index contributed by atoms with van der Waals surface area (Å²) < 4.78 is 12.0. The fourth-order valence-electron chi connectivity index (χ4n) is 3.80. The van der Waals surface area contributed by atoms with E-state index in [1.54, 1.807) is 54.6 Å². The predicted molar refractivity (Wildman–Crippen MR) is 150 cm³/mol. The molecule has 2 aromatic carbocycles. The molecule has 3 rings (SSSR count). The molecule has 2 amide bonds. The third-order valence-corrected chi connectivity index (χ3v) is 5.52. The van der Waals surface area contributed by atoms with E-state index < -0.39 is 17.9 Å². The van der Waals surface area contributed by atoms with Gasteiger partial charge >= 0.3 is 0 Å². The molecule has 2 atom stereocenters. The summed E-state index contributed by atoms with van der Waals surface area (Å²) in [4.78, 5) is 31.8. The Morgan fingerprint density at radius 2 is 1.79 bits per heavy atom. The lowest BCUT2D eigenvalue weighted by Gasteiger charge is -2.23. The fourth-order valence-corrected chi connectivity index (χ4v) is 3.80. The number of carbonyl (C=O) groups excluding carboxylic acids is 2. The first-order valence-corrected chi connectivity index (χ1v) is 12.5. The number of amides is 2. The van der Waals surface area contributed by atoms with E-state index in [9.17, 15) is 9.59 Å². The number of nitrogen functional groups attached to an aromatic ring is 1. The van der Waals surface area contributed by atoms with Crippen molar-refractivity contribution in [3.05, 3.63) is 83.7 Å². The third kappa shape index (κ3) is 8.44. The number of aromatic nitrogens is 1. The molecule has 0 fully saturated rings. The fraction of sp³-hybridized carbons (Fsp3) is 0.286. The van der Waals surface area contributed by atoms with Gasteiger partial charge in [-0.15, -0.1) is 0 Å². The topological polar surface area (TPSA) is 155 Å². The van der Waals surface area contributed by atoms with Crippen LogP contribution >= 0.6 is 0 Å². The van der Waals surface area contributed by atoms with E-state index in [1.807, 2.05) is 32.8 Å². The zero-order chi connectivity index (χ0) is 28.4. The van der Waals surface area contributed by atoms with E-state index in [0.717, 1.165) is 0 Å². The highest BCUT2D eigenvalue weighted by Gasteiger charge is 2.24. The van der Waals surface area contributed by atoms with Crippen LogP contribution in [-0.4, -0.2) is 60.9 Å². The van der Waals surface area contributed by atoms with Crippen molar-refractivity contribution < 1.29 is 19.1 Å². The Bertz CT molecular complexity index is 1270. The number of likely N-dealkylation sites (N-methyl/N-ethyl adjacent to an activating group) is 1. The normalized spacial score (nSPS) is 12.2. The lowest BCUT2D eigenvalue weighted by atomic mass is 10.0. The van der Waals surface area contributed by atoms with Gasteiger partial charge in [0.2, 0.25) is 0 Å². The van der Waals surface area contributed by atoms with Crippen LogP contribution in [-0.2, 0) is 4.79 Å². The van der Waals surface area contributed by atoms with Crippen molar-refractivity contribution in [2.75, 3.05) is 32.6 Å². The number of nitrogens with two attached hydrogens (primary N) is 1. The molecule has 0 aliphatic rings. The summed E-state index contributed by atoms with van der Waals surface area (Å²) in [5.41, 5.74) is 12.3. The minimum atomic E-state index is -0.926. The van der Waals surface area contributed by atoms with Crippen molar-refractivity contribution in [1.29, 1.82) is 5.41 Å². The number of benzene rings is 2. The van der Waals surface area contributed by atoms with Gasteiger partial charge in [-0.3, -0.25) is 30.8 Å². The molecule has 6 N–H and O–H groups in total. The molecule has 1 heterocycles. The highest BCUT2D eigenvalue weighted by molar-refractivity contribution is 5.96. The molecule has 0 saturated carbocycles. The van der Waals surface area contributed by atoms with Crippen LogP contribution in [0.5, 0.6) is 11.5 Å². The second-order valence-electron chi connectivity index (χ2n) is 9.06. The van der Waals surface area contributed by atoms with Crippen LogP contribution in [0.15, 0.2) is 66.9 Å². The second-order valence-corrected chi connectivity index (χ2v) is 9.06. The van der Waals surface area contributed by atoms with Crippen molar-refractivity contribution in [2.24, 2.45) is 5.73 Å². The molecule has 11 nitrogen and oxygen atoms in total. The van der Waals surface area contributed by atoms with Crippen LogP contribution in [0.1, 0.15) is 41.5 Å². The molecule has 0 aliphatic carbocycles. The van der Waals surface area contributed by atoms with Crippen molar-refractivity contribution in [2.45, 2.75) is 26.0 Å². The molecule has 11 heteroatoms. The van der Waals surface area contributed by atoms with Gasteiger partial charge in [-0.2, -0.15) is 0 Å². The van der Waals surface area contributed by atoms with Crippen LogP contribution < -0.4 is 31.4 Å². The van der Waals surface area contributed by atoms with Gasteiger partial charge in [0.25, 0.3) is 11.8 Å². The predicted octanol–water partition coefficient (Wildman–Crippen LogP) is 2.71. The molecule has 0 bridgehead atoms. The molecule has 0 spiro atoms. The number of anilines is 1. The number of ether oxygens (including phenoxy) is 2. The van der Waals surface area contributed by atoms with Crippen LogP contribution in [0.4, 0.5) is 5.69 Å². The highest BCUT2D eigenvalue weighted by atomic mass is 16.5. The standard InChI is InChI=1S/C28H35N7O4/c1-5-38-24-16-20(11-14-23(24)39-18(2)17-35(3)4)25(32-21-12-9-19(10-13-21)26(29)30)28(37)34-33-27(36)22-8-6-7-15-31-22/h6-16,18,25,32H,5,17H2,1-4H3,(H3,29,30)(H,33,36)(H,34,37). The number of hydrogen-bond donors (Lipinski definition) is 5. The molecule has 39 heavy (non-hydrogen) atoms. The Kier molecular flexibility index (Phi) is 10.2. The average Bonchev–Trinajstić information content (AvgIpc) is 2.91. The molecular weight excluding hydrogens is 498 g/mol. The maximum absolute atomic E-state index is 13.4. The van der Waals surface area contributed by atoms with Crippen molar-refractivity contribution in [3.63, 3.8) is 0 Å². The lowest BCUT2D eigenvalue weighted by Crippen LogP contribution is -2.45. The highest BCUT2D eigenvalue weighted by Crippen LogP contribution is 2.33. The number of amidine groups is 1. The Morgan fingerprint density at radius 1 is 1.05 bits per heavy atom. The number of pyridine rings is 1. The summed E-state index contributed by atoms with van der Waals surface area (Å²) in [5.74, 6) is -0.0873. The first-order chi connectivity index (χ1) is 18.7. The van der Waals surface area contributed by atoms with Crippen molar-refractivity contribution >= 4 is 23.3 Å². The summed E-state index contributed by atoms with van der Waals surface area (Å²) in [6.07, 6.45) is 1.40. The van der Waals surface area contributed by atoms with Crippen molar-refractivity contribution in [3.8, 4) is 11.5 Å². The van der Waals surface area contributed by atoms with E-state index >= 15 is 0 Å². The number of nitrogens with one attached hydrogen (secondary N) is 4. The van der Waals surface area contributed by atoms with E-state index in [4.69, 9.17) is 20.6 Å². The van der Waals surface area contributed by atoms with E-state index in [0.29, 0.717) is 41.5 Å². The van der Waals surface area contributed by atoms with Gasteiger partial charge in [-0.05, 0) is 82.0 Å². The SMILES string of the molecule is CCOc1cc(C(Nc2ccc(C(=N)N)cc2)C(=O)NNC(=O)c2ccccn2)ccc1OC(C)CN(C)C. The summed E-state index contributed by atoms with van der Waals surface area (Å²) in [5, 5.41) is 10.8. The molecule has 0 aliphatic heterocycles. The first-order valence-electron chi connectivity index (χ1n) is 12.5. The Balaban J connectivity index is 1.88. The van der Waals surface area contributed by atoms with E-state index in [1.165, 1.54) is 12.3 Å². The maximum atomic E-state index is 13.4. The van der Waals surface area contributed by atoms with Gasteiger partial charge in [0.15, 0.2) is 11.5 Å². The first kappa shape index (κ1) is 28.9. The minimum absolute atomic E-state index is 0.0616. The average molecular weight is 534 g/mol. The number of nitrogens with zero attached hydrogens (tertiary/aromatic N) is 2. The zero-order valence-corrected chi connectivity index (χ0v) is 22.5. The van der Waals surface area contributed by atoms with Gasteiger partial charge in [0.05, 0.1) is 6.61 Å². The Labute approximate surface area is 228 Å². The smallest absolute Gasteiger partial charge is 0.288 e. The second kappa shape index (κ2) is 13.8. The molecule has 206 valence electrons. The number of rotatable bonds is 12. The van der Waals surface area contributed by atoms with Gasteiger partial charge in [0.1, 0.15) is 23.7 Å². The van der Waals surface area contributed by atoms with Gasteiger partial charge in [0, 0.05) is 24.0 Å².